The van der Waals surface area contributed by atoms with Crippen LogP contribution in [-0.4, -0.2) is 35.4 Å². The van der Waals surface area contributed by atoms with Crippen molar-refractivity contribution in [3.05, 3.63) is 11.9 Å². The van der Waals surface area contributed by atoms with E-state index in [-0.39, 0.29) is 12.1 Å². The van der Waals surface area contributed by atoms with Gasteiger partial charge >= 0.3 is 0 Å². The third kappa shape index (κ3) is 1.84. The second-order valence-corrected chi connectivity index (χ2v) is 3.78. The number of allylic oxidation sites excluding steroid dienone is 1. The molecule has 5 heteroatoms. The number of rotatable bonds is 2. The number of aliphatic hydroxyl groups excluding tert-OH is 1. The van der Waals surface area contributed by atoms with Gasteiger partial charge in [0.05, 0.1) is 12.1 Å². The second kappa shape index (κ2) is 4.16. The van der Waals surface area contributed by atoms with Gasteiger partial charge in [-0.05, 0) is 19.4 Å². The van der Waals surface area contributed by atoms with E-state index in [1.807, 2.05) is 11.2 Å². The minimum absolute atomic E-state index is 0.174. The number of aliphatic hydroxyl groups is 1. The second-order valence-electron chi connectivity index (χ2n) is 3.78. The molecule has 4 N–H and O–H groups in total. The Bertz CT molecular complexity index is 231. The Balaban J connectivity index is 1.97. The van der Waals surface area contributed by atoms with Gasteiger partial charge in [-0.15, -0.1) is 5.53 Å². The van der Waals surface area contributed by atoms with E-state index in [0.717, 1.165) is 25.1 Å². The summed E-state index contributed by atoms with van der Waals surface area (Å²) in [5, 5.41) is 14.9. The molecule has 14 heavy (non-hydrogen) atoms. The first-order valence-corrected chi connectivity index (χ1v) is 5.20. The number of β-amino-alcohol motifs (C(OH)–C–C–N with tert-alkyl or cyclic N) is 1. The van der Waals surface area contributed by atoms with Crippen molar-refractivity contribution in [3.63, 3.8) is 0 Å². The Morgan fingerprint density at radius 2 is 2.50 bits per heavy atom. The lowest BCUT2D eigenvalue weighted by Gasteiger charge is -2.34. The molecular formula is C9H18N4O. The van der Waals surface area contributed by atoms with Gasteiger partial charge in [-0.25, -0.2) is 0 Å². The first-order chi connectivity index (χ1) is 6.81. The first kappa shape index (κ1) is 9.76. The van der Waals surface area contributed by atoms with Crippen LogP contribution in [-0.2, 0) is 0 Å². The van der Waals surface area contributed by atoms with Gasteiger partial charge in [0.1, 0.15) is 0 Å². The zero-order valence-corrected chi connectivity index (χ0v) is 8.45. The van der Waals surface area contributed by atoms with Gasteiger partial charge in [-0.1, -0.05) is 6.92 Å². The Hall–Kier alpha value is -0.780. The Labute approximate surface area is 84.1 Å². The molecule has 0 aromatic carbocycles. The minimum atomic E-state index is -0.300. The summed E-state index contributed by atoms with van der Waals surface area (Å²) in [5.41, 5.74) is 7.30. The summed E-state index contributed by atoms with van der Waals surface area (Å²) in [6.07, 6.45) is 3.68. The van der Waals surface area contributed by atoms with Crippen LogP contribution in [0.25, 0.3) is 0 Å². The average molecular weight is 198 g/mol. The van der Waals surface area contributed by atoms with E-state index in [4.69, 9.17) is 0 Å². The van der Waals surface area contributed by atoms with Crippen LogP contribution in [0.2, 0.25) is 0 Å². The molecule has 1 fully saturated rings. The van der Waals surface area contributed by atoms with Crippen LogP contribution < -0.4 is 16.3 Å². The molecule has 2 aliphatic heterocycles. The summed E-state index contributed by atoms with van der Waals surface area (Å²) in [7, 11) is 0. The summed E-state index contributed by atoms with van der Waals surface area (Å²) in [6, 6.07) is 0.174. The molecule has 0 saturated carbocycles. The quantitative estimate of drug-likeness (QED) is 0.472. The monoisotopic (exact) mass is 198 g/mol. The van der Waals surface area contributed by atoms with Gasteiger partial charge in [0.15, 0.2) is 0 Å². The maximum absolute atomic E-state index is 9.79. The van der Waals surface area contributed by atoms with Crippen LogP contribution in [0, 0.1) is 0 Å². The van der Waals surface area contributed by atoms with E-state index in [1.54, 1.807) is 0 Å². The summed E-state index contributed by atoms with van der Waals surface area (Å²) in [4.78, 5) is 0. The minimum Gasteiger partial charge on any atom is -0.390 e. The van der Waals surface area contributed by atoms with E-state index in [9.17, 15) is 5.11 Å². The maximum Gasteiger partial charge on any atom is 0.0884 e. The highest BCUT2D eigenvalue weighted by molar-refractivity contribution is 5.03. The maximum atomic E-state index is 9.79. The standard InChI is InChI=1S/C9H18N4O/c1-2-7-6-13(12-11-7)8-3-4-10-5-9(8)14/h6,8-12,14H,2-5H2,1H3/t8-,9-/m1/s1. The Kier molecular flexibility index (Phi) is 2.90. The van der Waals surface area contributed by atoms with Crippen molar-refractivity contribution in [2.75, 3.05) is 13.1 Å². The Morgan fingerprint density at radius 3 is 3.14 bits per heavy atom. The number of hydrazine groups is 2. The summed E-state index contributed by atoms with van der Waals surface area (Å²) in [5.74, 6) is 0. The number of hydrogen-bond donors (Lipinski definition) is 4. The number of hydrogen-bond acceptors (Lipinski definition) is 5. The van der Waals surface area contributed by atoms with Crippen molar-refractivity contribution in [1.82, 2.24) is 21.3 Å². The largest absolute Gasteiger partial charge is 0.390 e. The van der Waals surface area contributed by atoms with Crippen LogP contribution in [0.5, 0.6) is 0 Å². The summed E-state index contributed by atoms with van der Waals surface area (Å²) >= 11 is 0. The lowest BCUT2D eigenvalue weighted by molar-refractivity contribution is 0.0300. The zero-order chi connectivity index (χ0) is 9.97. The van der Waals surface area contributed by atoms with E-state index in [1.165, 1.54) is 0 Å². The van der Waals surface area contributed by atoms with Gasteiger partial charge in [-0.2, -0.15) is 0 Å². The van der Waals surface area contributed by atoms with Gasteiger partial charge in [-0.3, -0.25) is 5.01 Å². The van der Waals surface area contributed by atoms with Crippen molar-refractivity contribution < 1.29 is 5.11 Å². The molecule has 2 atom stereocenters. The predicted octanol–water partition coefficient (Wildman–Crippen LogP) is -0.715. The molecule has 5 nitrogen and oxygen atoms in total. The third-order valence-corrected chi connectivity index (χ3v) is 2.79. The number of nitrogens with zero attached hydrogens (tertiary/aromatic N) is 1. The van der Waals surface area contributed by atoms with Crippen molar-refractivity contribution >= 4 is 0 Å². The lowest BCUT2D eigenvalue weighted by atomic mass is 10.0. The normalized spacial score (nSPS) is 32.7. The highest BCUT2D eigenvalue weighted by atomic mass is 16.3. The first-order valence-electron chi connectivity index (χ1n) is 5.20. The molecule has 0 radical (unpaired) electrons. The van der Waals surface area contributed by atoms with Crippen LogP contribution in [0.4, 0.5) is 0 Å². The average Bonchev–Trinajstić information content (AvgIpc) is 2.67. The molecule has 0 aromatic rings. The zero-order valence-electron chi connectivity index (χ0n) is 8.45. The Morgan fingerprint density at radius 1 is 1.64 bits per heavy atom. The van der Waals surface area contributed by atoms with Gasteiger partial charge in [0, 0.05) is 18.4 Å². The van der Waals surface area contributed by atoms with Crippen LogP contribution >= 0.6 is 0 Å². The van der Waals surface area contributed by atoms with Gasteiger partial charge < -0.3 is 15.8 Å². The molecular weight excluding hydrogens is 180 g/mol. The van der Waals surface area contributed by atoms with E-state index in [0.29, 0.717) is 6.54 Å². The SMILES string of the molecule is CCC1=CN([C@@H]2CCNC[C@H]2O)NN1. The van der Waals surface area contributed by atoms with Crippen LogP contribution in [0.1, 0.15) is 19.8 Å². The third-order valence-electron chi connectivity index (χ3n) is 2.79. The molecule has 2 rings (SSSR count). The molecule has 0 amide bonds. The predicted molar refractivity (Wildman–Crippen MR) is 53.8 cm³/mol. The van der Waals surface area contributed by atoms with Crippen LogP contribution in [0.3, 0.4) is 0 Å². The number of nitrogens with one attached hydrogen (secondary N) is 3. The summed E-state index contributed by atoms with van der Waals surface area (Å²) < 4.78 is 0. The molecule has 2 aliphatic rings. The number of piperidine rings is 1. The fourth-order valence-corrected chi connectivity index (χ4v) is 1.88. The molecule has 0 bridgehead atoms. The molecule has 0 spiro atoms. The molecule has 1 saturated heterocycles. The highest BCUT2D eigenvalue weighted by Gasteiger charge is 2.29. The van der Waals surface area contributed by atoms with Crippen molar-refractivity contribution in [2.45, 2.75) is 31.9 Å². The van der Waals surface area contributed by atoms with Crippen molar-refractivity contribution in [1.29, 1.82) is 0 Å². The fourth-order valence-electron chi connectivity index (χ4n) is 1.88. The van der Waals surface area contributed by atoms with Crippen LogP contribution in [0.15, 0.2) is 11.9 Å². The van der Waals surface area contributed by atoms with Crippen molar-refractivity contribution in [3.8, 4) is 0 Å². The molecule has 2 heterocycles. The molecule has 0 unspecified atom stereocenters. The fraction of sp³-hybridized carbons (Fsp3) is 0.778. The van der Waals surface area contributed by atoms with Gasteiger partial charge in [0.25, 0.3) is 0 Å². The van der Waals surface area contributed by atoms with E-state index in [2.05, 4.69) is 23.2 Å². The van der Waals surface area contributed by atoms with E-state index < -0.39 is 0 Å². The summed E-state index contributed by atoms with van der Waals surface area (Å²) in [6.45, 7) is 3.75. The van der Waals surface area contributed by atoms with Gasteiger partial charge in [0.2, 0.25) is 0 Å². The molecule has 0 aliphatic carbocycles. The van der Waals surface area contributed by atoms with E-state index >= 15 is 0 Å². The topological polar surface area (TPSA) is 59.6 Å². The van der Waals surface area contributed by atoms with Crippen molar-refractivity contribution in [2.24, 2.45) is 0 Å². The molecule has 80 valence electrons. The highest BCUT2D eigenvalue weighted by Crippen LogP contribution is 2.14. The molecule has 0 aromatic heterocycles. The smallest absolute Gasteiger partial charge is 0.0884 e. The lowest BCUT2D eigenvalue weighted by Crippen LogP contribution is -2.55.